The molecule has 1 rings (SSSR count). The van der Waals surface area contributed by atoms with Gasteiger partial charge in [-0.05, 0) is 45.6 Å². The SMILES string of the molecule is CCC(CN)C1CCN(C(=O)OC(C)(C)C)C1. The maximum absolute atomic E-state index is 11.9. The van der Waals surface area contributed by atoms with Crippen molar-refractivity contribution in [3.8, 4) is 0 Å². The summed E-state index contributed by atoms with van der Waals surface area (Å²) in [7, 11) is 0. The van der Waals surface area contributed by atoms with Crippen molar-refractivity contribution < 1.29 is 9.53 Å². The molecule has 4 nitrogen and oxygen atoms in total. The van der Waals surface area contributed by atoms with Gasteiger partial charge in [-0.2, -0.15) is 0 Å². The van der Waals surface area contributed by atoms with E-state index in [0.717, 1.165) is 25.9 Å². The molecule has 1 fully saturated rings. The molecule has 0 aromatic carbocycles. The Labute approximate surface area is 104 Å². The molecule has 0 aliphatic carbocycles. The molecule has 1 amide bonds. The van der Waals surface area contributed by atoms with Gasteiger partial charge in [0.2, 0.25) is 0 Å². The Bertz CT molecular complexity index is 257. The van der Waals surface area contributed by atoms with Gasteiger partial charge in [-0.25, -0.2) is 4.79 Å². The minimum absolute atomic E-state index is 0.188. The average Bonchev–Trinajstić information content (AvgIpc) is 2.66. The largest absolute Gasteiger partial charge is 0.444 e. The molecular formula is C13H26N2O2. The summed E-state index contributed by atoms with van der Waals surface area (Å²) in [4.78, 5) is 13.7. The summed E-state index contributed by atoms with van der Waals surface area (Å²) >= 11 is 0. The zero-order chi connectivity index (χ0) is 13.1. The van der Waals surface area contributed by atoms with E-state index in [2.05, 4.69) is 6.92 Å². The van der Waals surface area contributed by atoms with Crippen molar-refractivity contribution in [1.29, 1.82) is 0 Å². The number of carbonyl (C=O) groups excluding carboxylic acids is 1. The fraction of sp³-hybridized carbons (Fsp3) is 0.923. The predicted molar refractivity (Wildman–Crippen MR) is 68.7 cm³/mol. The summed E-state index contributed by atoms with van der Waals surface area (Å²) in [6.45, 7) is 10.2. The second-order valence-electron chi connectivity index (χ2n) is 5.88. The molecule has 1 saturated heterocycles. The van der Waals surface area contributed by atoms with Gasteiger partial charge in [0.05, 0.1) is 0 Å². The van der Waals surface area contributed by atoms with E-state index in [1.54, 1.807) is 0 Å². The molecule has 0 bridgehead atoms. The van der Waals surface area contributed by atoms with Crippen molar-refractivity contribution in [2.24, 2.45) is 17.6 Å². The molecule has 4 heteroatoms. The van der Waals surface area contributed by atoms with Crippen LogP contribution in [0.15, 0.2) is 0 Å². The van der Waals surface area contributed by atoms with Crippen LogP contribution in [0.2, 0.25) is 0 Å². The Morgan fingerprint density at radius 1 is 1.53 bits per heavy atom. The first-order valence-corrected chi connectivity index (χ1v) is 6.55. The molecule has 0 spiro atoms. The molecule has 100 valence electrons. The third-order valence-electron chi connectivity index (χ3n) is 3.37. The molecule has 0 saturated carbocycles. The standard InChI is InChI=1S/C13H26N2O2/c1-5-10(8-14)11-6-7-15(9-11)12(16)17-13(2,3)4/h10-11H,5-9,14H2,1-4H3. The molecule has 2 N–H and O–H groups in total. The lowest BCUT2D eigenvalue weighted by atomic mass is 9.89. The smallest absolute Gasteiger partial charge is 0.410 e. The maximum Gasteiger partial charge on any atom is 0.410 e. The number of nitrogens with two attached hydrogens (primary N) is 1. The van der Waals surface area contributed by atoms with Crippen molar-refractivity contribution in [3.63, 3.8) is 0 Å². The Morgan fingerprint density at radius 2 is 2.18 bits per heavy atom. The summed E-state index contributed by atoms with van der Waals surface area (Å²) in [6, 6.07) is 0. The number of carbonyl (C=O) groups is 1. The lowest BCUT2D eigenvalue weighted by molar-refractivity contribution is 0.0283. The Hall–Kier alpha value is -0.770. The molecule has 17 heavy (non-hydrogen) atoms. The molecule has 1 aliphatic heterocycles. The molecule has 1 aliphatic rings. The monoisotopic (exact) mass is 242 g/mol. The average molecular weight is 242 g/mol. The van der Waals surface area contributed by atoms with Crippen LogP contribution < -0.4 is 5.73 Å². The lowest BCUT2D eigenvalue weighted by Crippen LogP contribution is -2.36. The van der Waals surface area contributed by atoms with Crippen LogP contribution in [-0.2, 0) is 4.74 Å². The Morgan fingerprint density at radius 3 is 2.65 bits per heavy atom. The molecule has 0 radical (unpaired) electrons. The first-order valence-electron chi connectivity index (χ1n) is 6.55. The molecule has 1 heterocycles. The number of ether oxygens (including phenoxy) is 1. The molecule has 2 unspecified atom stereocenters. The van der Waals surface area contributed by atoms with Crippen molar-refractivity contribution >= 4 is 6.09 Å². The minimum Gasteiger partial charge on any atom is -0.444 e. The first kappa shape index (κ1) is 14.3. The highest BCUT2D eigenvalue weighted by Gasteiger charge is 2.32. The van der Waals surface area contributed by atoms with Gasteiger partial charge in [-0.1, -0.05) is 13.3 Å². The van der Waals surface area contributed by atoms with E-state index in [-0.39, 0.29) is 6.09 Å². The van der Waals surface area contributed by atoms with Crippen molar-refractivity contribution in [2.75, 3.05) is 19.6 Å². The summed E-state index contributed by atoms with van der Waals surface area (Å²) < 4.78 is 5.37. The molecule has 2 atom stereocenters. The fourth-order valence-corrected chi connectivity index (χ4v) is 2.36. The van der Waals surface area contributed by atoms with E-state index in [0.29, 0.717) is 18.4 Å². The fourth-order valence-electron chi connectivity index (χ4n) is 2.36. The normalized spacial score (nSPS) is 22.6. The van der Waals surface area contributed by atoms with Crippen molar-refractivity contribution in [1.82, 2.24) is 4.90 Å². The van der Waals surface area contributed by atoms with Gasteiger partial charge in [0, 0.05) is 13.1 Å². The summed E-state index contributed by atoms with van der Waals surface area (Å²) in [5, 5.41) is 0. The molecular weight excluding hydrogens is 216 g/mol. The number of likely N-dealkylation sites (tertiary alicyclic amines) is 1. The van der Waals surface area contributed by atoms with Crippen LogP contribution in [0.25, 0.3) is 0 Å². The van der Waals surface area contributed by atoms with E-state index in [9.17, 15) is 4.79 Å². The molecule has 0 aromatic rings. The van der Waals surface area contributed by atoms with E-state index >= 15 is 0 Å². The van der Waals surface area contributed by atoms with E-state index in [1.165, 1.54) is 0 Å². The van der Waals surface area contributed by atoms with Crippen LogP contribution >= 0.6 is 0 Å². The number of hydrogen-bond acceptors (Lipinski definition) is 3. The van der Waals surface area contributed by atoms with Crippen LogP contribution in [-0.4, -0.2) is 36.2 Å². The summed E-state index contributed by atoms with van der Waals surface area (Å²) in [5.41, 5.74) is 5.34. The van der Waals surface area contributed by atoms with Gasteiger partial charge < -0.3 is 15.4 Å². The zero-order valence-corrected chi connectivity index (χ0v) is 11.5. The maximum atomic E-state index is 11.9. The van der Waals surface area contributed by atoms with Crippen LogP contribution in [0.1, 0.15) is 40.5 Å². The van der Waals surface area contributed by atoms with Crippen LogP contribution in [0, 0.1) is 11.8 Å². The van der Waals surface area contributed by atoms with E-state index < -0.39 is 5.60 Å². The van der Waals surface area contributed by atoms with Gasteiger partial charge >= 0.3 is 6.09 Å². The summed E-state index contributed by atoms with van der Waals surface area (Å²) in [6.07, 6.45) is 1.95. The van der Waals surface area contributed by atoms with Crippen molar-refractivity contribution in [2.45, 2.75) is 46.1 Å². The highest BCUT2D eigenvalue weighted by Crippen LogP contribution is 2.26. The quantitative estimate of drug-likeness (QED) is 0.825. The van der Waals surface area contributed by atoms with Gasteiger partial charge in [-0.3, -0.25) is 0 Å². The van der Waals surface area contributed by atoms with Crippen LogP contribution in [0.3, 0.4) is 0 Å². The lowest BCUT2D eigenvalue weighted by Gasteiger charge is -2.25. The number of nitrogens with zero attached hydrogens (tertiary/aromatic N) is 1. The highest BCUT2D eigenvalue weighted by atomic mass is 16.6. The Kier molecular flexibility index (Phi) is 4.80. The summed E-state index contributed by atoms with van der Waals surface area (Å²) in [5.74, 6) is 1.07. The second kappa shape index (κ2) is 5.71. The molecule has 0 aromatic heterocycles. The number of hydrogen-bond donors (Lipinski definition) is 1. The topological polar surface area (TPSA) is 55.6 Å². The minimum atomic E-state index is -0.410. The predicted octanol–water partition coefficient (Wildman–Crippen LogP) is 2.23. The van der Waals surface area contributed by atoms with Crippen molar-refractivity contribution in [3.05, 3.63) is 0 Å². The van der Waals surface area contributed by atoms with Gasteiger partial charge in [0.15, 0.2) is 0 Å². The van der Waals surface area contributed by atoms with Gasteiger partial charge in [0.1, 0.15) is 5.60 Å². The van der Waals surface area contributed by atoms with Gasteiger partial charge in [-0.15, -0.1) is 0 Å². The van der Waals surface area contributed by atoms with Crippen LogP contribution in [0.5, 0.6) is 0 Å². The van der Waals surface area contributed by atoms with E-state index in [4.69, 9.17) is 10.5 Å². The second-order valence-corrected chi connectivity index (χ2v) is 5.88. The third-order valence-corrected chi connectivity index (χ3v) is 3.37. The van der Waals surface area contributed by atoms with Crippen LogP contribution in [0.4, 0.5) is 4.79 Å². The van der Waals surface area contributed by atoms with E-state index in [1.807, 2.05) is 25.7 Å². The zero-order valence-electron chi connectivity index (χ0n) is 11.5. The first-order chi connectivity index (χ1) is 7.87. The highest BCUT2D eigenvalue weighted by molar-refractivity contribution is 5.68. The number of rotatable bonds is 3. The third kappa shape index (κ3) is 4.19. The van der Waals surface area contributed by atoms with Gasteiger partial charge in [0.25, 0.3) is 0 Å². The Balaban J connectivity index is 2.47. The number of amides is 1.